The van der Waals surface area contributed by atoms with Gasteiger partial charge in [0, 0.05) is 0 Å². The lowest BCUT2D eigenvalue weighted by Crippen LogP contribution is -2.00. The fraction of sp³-hybridized carbons (Fsp3) is 0.400. The average molecular weight is 220 g/mol. The molecule has 1 aromatic carbocycles. The van der Waals surface area contributed by atoms with Gasteiger partial charge in [-0.25, -0.2) is 0 Å². The van der Waals surface area contributed by atoms with Crippen LogP contribution in [0.1, 0.15) is 37.1 Å². The largest absolute Gasteiger partial charge is 0.305 e. The minimum absolute atomic E-state index is 0.100. The van der Waals surface area contributed by atoms with Crippen molar-refractivity contribution in [1.82, 2.24) is 0 Å². The smallest absolute Gasteiger partial charge is 0.0954 e. The molecule has 0 aliphatic rings. The van der Waals surface area contributed by atoms with Crippen LogP contribution in [0.25, 0.3) is 0 Å². The summed E-state index contributed by atoms with van der Waals surface area (Å²) in [6.45, 7) is 3.84. The van der Waals surface area contributed by atoms with Gasteiger partial charge >= 0.3 is 0 Å². The van der Waals surface area contributed by atoms with E-state index >= 15 is 0 Å². The predicted molar refractivity (Wildman–Crippen MR) is 61.4 cm³/mol. The van der Waals surface area contributed by atoms with E-state index in [4.69, 9.17) is 11.7 Å². The third-order valence-electron chi connectivity index (χ3n) is 2.38. The van der Waals surface area contributed by atoms with Gasteiger partial charge in [-0.2, -0.15) is 10.2 Å². The monoisotopic (exact) mass is 220 g/mol. The molecule has 0 saturated carbocycles. The molecule has 2 atom stereocenters. The second kappa shape index (κ2) is 5.79. The third kappa shape index (κ3) is 2.75. The number of rotatable bonds is 4. The highest BCUT2D eigenvalue weighted by molar-refractivity contribution is 5.32. The van der Waals surface area contributed by atoms with Gasteiger partial charge < -0.3 is 11.7 Å². The van der Waals surface area contributed by atoms with Crippen molar-refractivity contribution in [3.05, 3.63) is 35.4 Å². The first-order valence-electron chi connectivity index (χ1n) is 4.99. The maximum absolute atomic E-state index is 5.05. The van der Waals surface area contributed by atoms with Crippen LogP contribution in [0.4, 0.5) is 0 Å². The lowest BCUT2D eigenvalue weighted by Gasteiger charge is -2.13. The highest BCUT2D eigenvalue weighted by Gasteiger charge is 2.13. The highest BCUT2D eigenvalue weighted by Crippen LogP contribution is 2.27. The summed E-state index contributed by atoms with van der Waals surface area (Å²) in [5.41, 5.74) is 2.05. The molecule has 0 radical (unpaired) electrons. The zero-order chi connectivity index (χ0) is 12.0. The Morgan fingerprint density at radius 3 is 1.56 bits per heavy atom. The van der Waals surface area contributed by atoms with E-state index < -0.39 is 0 Å². The molecule has 1 aromatic rings. The second-order valence-electron chi connectivity index (χ2n) is 3.44. The van der Waals surface area contributed by atoms with E-state index in [1.165, 1.54) is 0 Å². The van der Waals surface area contributed by atoms with Gasteiger partial charge in [0.2, 0.25) is 0 Å². The molecule has 0 heterocycles. The van der Waals surface area contributed by atoms with Crippen LogP contribution in [0.15, 0.2) is 44.9 Å². The van der Waals surface area contributed by atoms with Gasteiger partial charge in [0.05, 0.1) is 12.1 Å². The molecule has 0 saturated heterocycles. The van der Waals surface area contributed by atoms with Crippen molar-refractivity contribution >= 4 is 0 Å². The van der Waals surface area contributed by atoms with Crippen molar-refractivity contribution in [2.75, 3.05) is 0 Å². The Hall–Kier alpha value is -1.98. The molecule has 0 aromatic heterocycles. The zero-order valence-corrected chi connectivity index (χ0v) is 9.41. The average Bonchev–Trinajstić information content (AvgIpc) is 2.30. The molecule has 2 unspecified atom stereocenters. The summed E-state index contributed by atoms with van der Waals surface area (Å²) < 4.78 is 0. The van der Waals surface area contributed by atoms with E-state index in [-0.39, 0.29) is 12.1 Å². The minimum atomic E-state index is -0.100. The van der Waals surface area contributed by atoms with Gasteiger partial charge in [0.15, 0.2) is 0 Å². The molecule has 1 rings (SSSR count). The molecular weight excluding hydrogens is 204 g/mol. The van der Waals surface area contributed by atoms with Crippen molar-refractivity contribution in [3.63, 3.8) is 0 Å². The normalized spacial score (nSPS) is 15.6. The van der Waals surface area contributed by atoms with Gasteiger partial charge in [-0.1, -0.05) is 34.7 Å². The van der Waals surface area contributed by atoms with Crippen LogP contribution in [-0.2, 0) is 0 Å². The van der Waals surface area contributed by atoms with E-state index in [0.29, 0.717) is 0 Å². The molecule has 0 fully saturated rings. The Kier molecular flexibility index (Phi) is 4.38. The second-order valence-corrected chi connectivity index (χ2v) is 3.44. The van der Waals surface area contributed by atoms with Crippen LogP contribution in [0.5, 0.6) is 0 Å². The van der Waals surface area contributed by atoms with Crippen LogP contribution in [0.2, 0.25) is 0 Å². The summed E-state index contributed by atoms with van der Waals surface area (Å²) in [5, 5.41) is 14.4. The molecule has 0 spiro atoms. The van der Waals surface area contributed by atoms with E-state index in [9.17, 15) is 0 Å². The maximum Gasteiger partial charge on any atom is 0.0954 e. The predicted octanol–water partition coefficient (Wildman–Crippen LogP) is 2.46. The Balaban J connectivity index is 3.09. The van der Waals surface area contributed by atoms with Gasteiger partial charge in [-0.05, 0) is 25.0 Å². The number of nitrogens with zero attached hydrogens (tertiary/aromatic N) is 4. The van der Waals surface area contributed by atoms with Crippen molar-refractivity contribution in [2.45, 2.75) is 25.9 Å². The van der Waals surface area contributed by atoms with Gasteiger partial charge in [0.25, 0.3) is 0 Å². The van der Waals surface area contributed by atoms with Crippen molar-refractivity contribution < 1.29 is 0 Å². The first kappa shape index (κ1) is 12.1. The van der Waals surface area contributed by atoms with Crippen molar-refractivity contribution in [3.8, 4) is 0 Å². The van der Waals surface area contributed by atoms with Crippen LogP contribution in [0.3, 0.4) is 0 Å². The maximum atomic E-state index is 5.05. The number of hydrogen-bond acceptors (Lipinski definition) is 4. The minimum Gasteiger partial charge on any atom is -0.305 e. The molecule has 0 bridgehead atoms. The zero-order valence-electron chi connectivity index (χ0n) is 9.41. The Morgan fingerprint density at radius 2 is 1.25 bits per heavy atom. The van der Waals surface area contributed by atoms with Gasteiger partial charge in [-0.3, -0.25) is 0 Å². The van der Waals surface area contributed by atoms with Crippen molar-refractivity contribution in [2.24, 2.45) is 32.4 Å². The molecule has 6 nitrogen and oxygen atoms in total. The number of nitrogens with two attached hydrogens (primary N) is 2. The topological polar surface area (TPSA) is 101 Å². The fourth-order valence-electron chi connectivity index (χ4n) is 1.60. The Morgan fingerprint density at radius 1 is 0.875 bits per heavy atom. The van der Waals surface area contributed by atoms with E-state index in [0.717, 1.165) is 11.1 Å². The van der Waals surface area contributed by atoms with Gasteiger partial charge in [0.1, 0.15) is 0 Å². The first-order chi connectivity index (χ1) is 7.70. The van der Waals surface area contributed by atoms with Crippen LogP contribution < -0.4 is 11.7 Å². The summed E-state index contributed by atoms with van der Waals surface area (Å²) >= 11 is 0. The summed E-state index contributed by atoms with van der Waals surface area (Å²) in [7, 11) is 0. The van der Waals surface area contributed by atoms with E-state index in [2.05, 4.69) is 20.7 Å². The fourth-order valence-corrected chi connectivity index (χ4v) is 1.60. The van der Waals surface area contributed by atoms with Gasteiger partial charge in [-0.15, -0.1) is 0 Å². The van der Waals surface area contributed by atoms with Crippen LogP contribution in [0, 0.1) is 0 Å². The molecule has 0 amide bonds. The van der Waals surface area contributed by atoms with E-state index in [1.54, 1.807) is 0 Å². The number of hydrogen-bond donors (Lipinski definition) is 2. The van der Waals surface area contributed by atoms with E-state index in [1.807, 2.05) is 38.1 Å². The third-order valence-corrected chi connectivity index (χ3v) is 2.38. The highest BCUT2D eigenvalue weighted by atomic mass is 15.3. The summed E-state index contributed by atoms with van der Waals surface area (Å²) in [6.07, 6.45) is 0. The molecule has 0 aliphatic heterocycles. The SMILES string of the molecule is CC(N=NN)c1ccccc1C(C)N=NN. The lowest BCUT2D eigenvalue weighted by atomic mass is 9.97. The Labute approximate surface area is 94.4 Å². The summed E-state index contributed by atoms with van der Waals surface area (Å²) in [6, 6.07) is 7.61. The van der Waals surface area contributed by atoms with Crippen molar-refractivity contribution in [1.29, 1.82) is 0 Å². The van der Waals surface area contributed by atoms with Crippen LogP contribution >= 0.6 is 0 Å². The summed E-state index contributed by atoms with van der Waals surface area (Å²) in [4.78, 5) is 0. The molecule has 6 heteroatoms. The van der Waals surface area contributed by atoms with Crippen LogP contribution in [-0.4, -0.2) is 0 Å². The molecule has 4 N–H and O–H groups in total. The standard InChI is InChI=1S/C10H16N6/c1-7(13-15-11)9-5-3-4-6-10(9)8(2)14-16-12/h3-8H,1-2H3,(H2,11,13)(H2,12,14). The Bertz CT molecular complexity index is 350. The molecular formula is C10H16N6. The molecule has 16 heavy (non-hydrogen) atoms. The lowest BCUT2D eigenvalue weighted by molar-refractivity contribution is 0.683. The molecule has 0 aliphatic carbocycles. The first-order valence-corrected chi connectivity index (χ1v) is 4.99. The number of benzene rings is 1. The summed E-state index contributed by atoms with van der Waals surface area (Å²) in [5.74, 6) is 10.1. The molecule has 86 valence electrons. The quantitative estimate of drug-likeness (QED) is 0.462.